The van der Waals surface area contributed by atoms with Crippen molar-refractivity contribution in [2.24, 2.45) is 7.05 Å². The Labute approximate surface area is 121 Å². The lowest BCUT2D eigenvalue weighted by molar-refractivity contribution is 0.530. The van der Waals surface area contributed by atoms with Gasteiger partial charge in [0.2, 0.25) is 0 Å². The number of aryl methyl sites for hydroxylation is 2. The first-order chi connectivity index (χ1) is 9.04. The quantitative estimate of drug-likeness (QED) is 0.934. The largest absolute Gasteiger partial charge is 0.305 e. The molecule has 19 heavy (non-hydrogen) atoms. The molecule has 2 rings (SSSR count). The number of rotatable bonds is 4. The van der Waals surface area contributed by atoms with Crippen LogP contribution in [-0.4, -0.2) is 16.3 Å². The molecule has 1 aromatic carbocycles. The summed E-state index contributed by atoms with van der Waals surface area (Å²) in [5.41, 5.74) is 2.47. The highest BCUT2D eigenvalue weighted by Gasteiger charge is 2.22. The number of halogens is 2. The van der Waals surface area contributed by atoms with E-state index in [1.807, 2.05) is 33.0 Å². The average molecular weight is 326 g/mol. The summed E-state index contributed by atoms with van der Waals surface area (Å²) in [6.45, 7) is 4.63. The van der Waals surface area contributed by atoms with Crippen LogP contribution in [0.1, 0.15) is 29.8 Å². The zero-order chi connectivity index (χ0) is 14.0. The van der Waals surface area contributed by atoms with Crippen LogP contribution in [0.15, 0.2) is 28.9 Å². The predicted octanol–water partition coefficient (Wildman–Crippen LogP) is 3.33. The second kappa shape index (κ2) is 5.84. The zero-order valence-corrected chi connectivity index (χ0v) is 12.8. The van der Waals surface area contributed by atoms with Crippen LogP contribution in [-0.2, 0) is 7.05 Å². The van der Waals surface area contributed by atoms with Crippen LogP contribution in [0.4, 0.5) is 4.39 Å². The Morgan fingerprint density at radius 3 is 2.74 bits per heavy atom. The molecule has 1 unspecified atom stereocenters. The fraction of sp³-hybridized carbons (Fsp3) is 0.357. The van der Waals surface area contributed by atoms with Gasteiger partial charge in [-0.15, -0.1) is 0 Å². The zero-order valence-electron chi connectivity index (χ0n) is 11.2. The van der Waals surface area contributed by atoms with Crippen molar-refractivity contribution in [1.82, 2.24) is 15.1 Å². The molecule has 1 N–H and O–H groups in total. The van der Waals surface area contributed by atoms with Crippen molar-refractivity contribution in [3.8, 4) is 0 Å². The van der Waals surface area contributed by atoms with Crippen LogP contribution in [0.5, 0.6) is 0 Å². The molecule has 0 aliphatic carbocycles. The van der Waals surface area contributed by atoms with Gasteiger partial charge in [-0.25, -0.2) is 4.39 Å². The first kappa shape index (κ1) is 14.2. The summed E-state index contributed by atoms with van der Waals surface area (Å²) in [6, 6.07) is 5.10. The Balaban J connectivity index is 2.51. The lowest BCUT2D eigenvalue weighted by atomic mass is 10.0. The van der Waals surface area contributed by atoms with Crippen LogP contribution in [0.3, 0.4) is 0 Å². The van der Waals surface area contributed by atoms with Crippen molar-refractivity contribution in [1.29, 1.82) is 0 Å². The molecule has 0 amide bonds. The summed E-state index contributed by atoms with van der Waals surface area (Å²) in [5, 5.41) is 7.51. The fourth-order valence-electron chi connectivity index (χ4n) is 2.17. The Hall–Kier alpha value is -1.20. The van der Waals surface area contributed by atoms with E-state index >= 15 is 0 Å². The predicted molar refractivity (Wildman–Crippen MR) is 77.6 cm³/mol. The molecule has 0 saturated carbocycles. The minimum absolute atomic E-state index is 0.195. The van der Waals surface area contributed by atoms with E-state index in [2.05, 4.69) is 26.3 Å². The molecule has 102 valence electrons. The molecular weight excluding hydrogens is 309 g/mol. The summed E-state index contributed by atoms with van der Waals surface area (Å²) in [4.78, 5) is 0. The second-order valence-corrected chi connectivity index (χ2v) is 5.37. The van der Waals surface area contributed by atoms with Gasteiger partial charge < -0.3 is 5.32 Å². The topological polar surface area (TPSA) is 29.9 Å². The molecule has 0 fully saturated rings. The third-order valence-electron chi connectivity index (χ3n) is 3.09. The van der Waals surface area contributed by atoms with Crippen LogP contribution >= 0.6 is 15.9 Å². The number of hydrogen-bond donors (Lipinski definition) is 1. The maximum Gasteiger partial charge on any atom is 0.128 e. The Morgan fingerprint density at radius 1 is 1.47 bits per heavy atom. The standard InChI is InChI=1S/C14H17BrFN3/c1-4-17-13(14-11(15)8-18-19(14)3)10-6-5-9(2)7-12(10)16/h5-8,13,17H,4H2,1-3H3. The van der Waals surface area contributed by atoms with Crippen molar-refractivity contribution >= 4 is 15.9 Å². The molecule has 0 radical (unpaired) electrons. The maximum absolute atomic E-state index is 14.2. The van der Waals surface area contributed by atoms with Crippen LogP contribution in [0.25, 0.3) is 0 Å². The smallest absolute Gasteiger partial charge is 0.128 e. The molecule has 3 nitrogen and oxygen atoms in total. The molecule has 0 aliphatic heterocycles. The van der Waals surface area contributed by atoms with Crippen molar-refractivity contribution in [2.45, 2.75) is 19.9 Å². The summed E-state index contributed by atoms with van der Waals surface area (Å²) in [7, 11) is 1.86. The minimum atomic E-state index is -0.215. The molecule has 0 aliphatic rings. The van der Waals surface area contributed by atoms with Gasteiger partial charge in [-0.3, -0.25) is 4.68 Å². The van der Waals surface area contributed by atoms with E-state index in [1.54, 1.807) is 16.9 Å². The van der Waals surface area contributed by atoms with Gasteiger partial charge >= 0.3 is 0 Å². The van der Waals surface area contributed by atoms with Gasteiger partial charge in [-0.1, -0.05) is 19.1 Å². The van der Waals surface area contributed by atoms with E-state index < -0.39 is 0 Å². The molecule has 1 heterocycles. The molecule has 1 aromatic heterocycles. The maximum atomic E-state index is 14.2. The van der Waals surface area contributed by atoms with Gasteiger partial charge in [-0.2, -0.15) is 5.10 Å². The van der Waals surface area contributed by atoms with E-state index in [0.717, 1.165) is 22.3 Å². The summed E-state index contributed by atoms with van der Waals surface area (Å²) in [6.07, 6.45) is 1.73. The van der Waals surface area contributed by atoms with E-state index in [0.29, 0.717) is 5.56 Å². The van der Waals surface area contributed by atoms with E-state index in [1.165, 1.54) is 0 Å². The molecular formula is C14H17BrFN3. The molecule has 0 bridgehead atoms. The van der Waals surface area contributed by atoms with Gasteiger partial charge in [0, 0.05) is 12.6 Å². The average Bonchev–Trinajstić information content (AvgIpc) is 2.67. The van der Waals surface area contributed by atoms with Crippen molar-refractivity contribution < 1.29 is 4.39 Å². The van der Waals surface area contributed by atoms with Gasteiger partial charge in [0.05, 0.1) is 22.4 Å². The molecule has 0 spiro atoms. The minimum Gasteiger partial charge on any atom is -0.305 e. The van der Waals surface area contributed by atoms with Crippen LogP contribution < -0.4 is 5.32 Å². The monoisotopic (exact) mass is 325 g/mol. The summed E-state index contributed by atoms with van der Waals surface area (Å²) in [5.74, 6) is -0.195. The molecule has 0 saturated heterocycles. The highest BCUT2D eigenvalue weighted by atomic mass is 79.9. The lowest BCUT2D eigenvalue weighted by Gasteiger charge is -2.20. The number of benzene rings is 1. The molecule has 1 atom stereocenters. The third-order valence-corrected chi connectivity index (χ3v) is 3.70. The summed E-state index contributed by atoms with van der Waals surface area (Å²) >= 11 is 3.48. The Morgan fingerprint density at radius 2 is 2.21 bits per heavy atom. The van der Waals surface area contributed by atoms with Crippen LogP contribution in [0, 0.1) is 12.7 Å². The fourth-order valence-corrected chi connectivity index (χ4v) is 2.75. The van der Waals surface area contributed by atoms with Crippen molar-refractivity contribution in [3.63, 3.8) is 0 Å². The highest BCUT2D eigenvalue weighted by Crippen LogP contribution is 2.29. The normalized spacial score (nSPS) is 12.7. The van der Waals surface area contributed by atoms with Crippen molar-refractivity contribution in [2.75, 3.05) is 6.54 Å². The third kappa shape index (κ3) is 2.87. The van der Waals surface area contributed by atoms with Crippen LogP contribution in [0.2, 0.25) is 0 Å². The number of nitrogens with one attached hydrogen (secondary N) is 1. The number of aromatic nitrogens is 2. The first-order valence-electron chi connectivity index (χ1n) is 6.21. The van der Waals surface area contributed by atoms with Gasteiger partial charge in [-0.05, 0) is 41.0 Å². The first-order valence-corrected chi connectivity index (χ1v) is 7.00. The molecule has 5 heteroatoms. The van der Waals surface area contributed by atoms with Crippen molar-refractivity contribution in [3.05, 3.63) is 51.5 Å². The van der Waals surface area contributed by atoms with Gasteiger partial charge in [0.15, 0.2) is 0 Å². The SMILES string of the molecule is CCNC(c1ccc(C)cc1F)c1c(Br)cnn1C. The number of hydrogen-bond acceptors (Lipinski definition) is 2. The molecule has 2 aromatic rings. The van der Waals surface area contributed by atoms with E-state index in [9.17, 15) is 4.39 Å². The number of nitrogens with zero attached hydrogens (tertiary/aromatic N) is 2. The lowest BCUT2D eigenvalue weighted by Crippen LogP contribution is -2.25. The van der Waals surface area contributed by atoms with Gasteiger partial charge in [0.1, 0.15) is 5.82 Å². The Bertz CT molecular complexity index is 561. The van der Waals surface area contributed by atoms with Gasteiger partial charge in [0.25, 0.3) is 0 Å². The van der Waals surface area contributed by atoms with E-state index in [-0.39, 0.29) is 11.9 Å². The second-order valence-electron chi connectivity index (χ2n) is 4.52. The highest BCUT2D eigenvalue weighted by molar-refractivity contribution is 9.10. The summed E-state index contributed by atoms with van der Waals surface area (Å²) < 4.78 is 16.8. The van der Waals surface area contributed by atoms with E-state index in [4.69, 9.17) is 0 Å². The Kier molecular flexibility index (Phi) is 4.37.